The van der Waals surface area contributed by atoms with Crippen LogP contribution in [-0.4, -0.2) is 19.9 Å². The Kier molecular flexibility index (Phi) is 6.00. The van der Waals surface area contributed by atoms with Gasteiger partial charge in [0.15, 0.2) is 0 Å². The van der Waals surface area contributed by atoms with Gasteiger partial charge in [-0.25, -0.2) is 9.97 Å². The van der Waals surface area contributed by atoms with E-state index in [-0.39, 0.29) is 0 Å². The number of H-pyrrole nitrogens is 2. The summed E-state index contributed by atoms with van der Waals surface area (Å²) in [6.45, 7) is 0. The van der Waals surface area contributed by atoms with E-state index in [0.717, 1.165) is 71.6 Å². The summed E-state index contributed by atoms with van der Waals surface area (Å²) >= 11 is 16.2. The Labute approximate surface area is 242 Å². The summed E-state index contributed by atoms with van der Waals surface area (Å²) in [5, 5.41) is 1.38. The van der Waals surface area contributed by atoms with Crippen molar-refractivity contribution in [1.82, 2.24) is 19.9 Å². The second-order valence-corrected chi connectivity index (χ2v) is 11.0. The fourth-order valence-electron chi connectivity index (χ4n) is 4.95. The fraction of sp³-hybridized carbons (Fsp3) is 0. The van der Waals surface area contributed by atoms with Gasteiger partial charge in [0.2, 0.25) is 0 Å². The van der Waals surface area contributed by atoms with Gasteiger partial charge in [0.05, 0.1) is 27.2 Å². The molecule has 0 saturated heterocycles. The van der Waals surface area contributed by atoms with Gasteiger partial charge in [-0.3, -0.25) is 0 Å². The first-order valence-electron chi connectivity index (χ1n) is 12.3. The number of hydrogen-bond donors (Lipinski definition) is 2. The highest BCUT2D eigenvalue weighted by atomic mass is 79.9. The molecule has 4 nitrogen and oxygen atoms in total. The largest absolute Gasteiger partial charge is 0.355 e. The highest BCUT2D eigenvalue weighted by Crippen LogP contribution is 2.35. The third-order valence-electron chi connectivity index (χ3n) is 6.77. The van der Waals surface area contributed by atoms with Crippen LogP contribution >= 0.6 is 39.1 Å². The van der Waals surface area contributed by atoms with Crippen molar-refractivity contribution < 1.29 is 0 Å². The summed E-state index contributed by atoms with van der Waals surface area (Å²) in [6.07, 6.45) is 8.10. The van der Waals surface area contributed by atoms with Crippen LogP contribution in [0.3, 0.4) is 0 Å². The van der Waals surface area contributed by atoms with E-state index >= 15 is 0 Å². The molecule has 188 valence electrons. The number of nitrogens with one attached hydrogen (secondary N) is 2. The lowest BCUT2D eigenvalue weighted by atomic mass is 10.0. The molecule has 39 heavy (non-hydrogen) atoms. The molecule has 7 rings (SSSR count). The number of fused-ring (bicyclic) bond motifs is 8. The molecule has 0 fully saturated rings. The first kappa shape index (κ1) is 24.2. The van der Waals surface area contributed by atoms with E-state index in [1.54, 1.807) is 0 Å². The van der Waals surface area contributed by atoms with Crippen molar-refractivity contribution in [1.29, 1.82) is 0 Å². The summed E-state index contributed by atoms with van der Waals surface area (Å²) in [5.41, 5.74) is 11.2. The lowest BCUT2D eigenvalue weighted by molar-refractivity contribution is 1.25. The van der Waals surface area contributed by atoms with Crippen LogP contribution < -0.4 is 0 Å². The maximum absolute atomic E-state index is 6.20. The molecule has 2 aromatic carbocycles. The lowest BCUT2D eigenvalue weighted by Gasteiger charge is -2.04. The second kappa shape index (κ2) is 9.69. The topological polar surface area (TPSA) is 57.4 Å². The molecule has 5 heterocycles. The molecule has 0 spiro atoms. The van der Waals surface area contributed by atoms with Crippen LogP contribution in [0.1, 0.15) is 22.8 Å². The van der Waals surface area contributed by atoms with Gasteiger partial charge in [0, 0.05) is 43.2 Å². The van der Waals surface area contributed by atoms with E-state index in [0.29, 0.717) is 10.0 Å². The van der Waals surface area contributed by atoms with Gasteiger partial charge in [-0.05, 0) is 106 Å². The third kappa shape index (κ3) is 4.53. The number of aromatic amines is 2. The Morgan fingerprint density at radius 2 is 0.923 bits per heavy atom. The van der Waals surface area contributed by atoms with Gasteiger partial charge in [-0.1, -0.05) is 47.5 Å². The van der Waals surface area contributed by atoms with Crippen molar-refractivity contribution in [3.05, 3.63) is 116 Å². The van der Waals surface area contributed by atoms with Crippen molar-refractivity contribution >= 4 is 85.5 Å². The van der Waals surface area contributed by atoms with E-state index in [1.807, 2.05) is 72.8 Å². The van der Waals surface area contributed by atoms with Crippen LogP contribution in [0.5, 0.6) is 0 Å². The smallest absolute Gasteiger partial charge is 0.0801 e. The number of rotatable bonds is 2. The summed E-state index contributed by atoms with van der Waals surface area (Å²) in [6, 6.07) is 26.1. The zero-order valence-electron chi connectivity index (χ0n) is 20.3. The molecule has 7 heteroatoms. The zero-order valence-corrected chi connectivity index (χ0v) is 23.4. The predicted molar refractivity (Wildman–Crippen MR) is 167 cm³/mol. The van der Waals surface area contributed by atoms with Gasteiger partial charge in [-0.2, -0.15) is 0 Å². The maximum atomic E-state index is 6.20. The minimum absolute atomic E-state index is 0.690. The van der Waals surface area contributed by atoms with Crippen LogP contribution in [0.25, 0.3) is 68.6 Å². The summed E-state index contributed by atoms with van der Waals surface area (Å²) in [7, 11) is 0. The van der Waals surface area contributed by atoms with Crippen LogP contribution in [0, 0.1) is 0 Å². The molecular weight excluding hydrogens is 591 g/mol. The van der Waals surface area contributed by atoms with Crippen molar-refractivity contribution in [2.24, 2.45) is 0 Å². The third-order valence-corrected chi connectivity index (χ3v) is 8.09. The number of halogens is 3. The van der Waals surface area contributed by atoms with Gasteiger partial charge >= 0.3 is 0 Å². The van der Waals surface area contributed by atoms with Crippen LogP contribution in [0.2, 0.25) is 10.0 Å². The van der Waals surface area contributed by atoms with Gasteiger partial charge in [-0.15, -0.1) is 0 Å². The summed E-state index contributed by atoms with van der Waals surface area (Å²) in [4.78, 5) is 17.2. The minimum Gasteiger partial charge on any atom is -0.355 e. The summed E-state index contributed by atoms with van der Waals surface area (Å²) in [5.74, 6) is 0. The molecule has 2 N–H and O–H groups in total. The Morgan fingerprint density at radius 1 is 0.513 bits per heavy atom. The molecule has 0 radical (unpaired) electrons. The normalized spacial score (nSPS) is 12.3. The van der Waals surface area contributed by atoms with Crippen molar-refractivity contribution in [3.8, 4) is 22.3 Å². The number of hydrogen-bond acceptors (Lipinski definition) is 2. The van der Waals surface area contributed by atoms with Crippen molar-refractivity contribution in [3.63, 3.8) is 0 Å². The standard InChI is InChI=1S/C32H19BrCl2N4/c33-32-28-15-13-26(38-28)30(18-1-5-20(34)6-2-18)24-11-9-22(36-24)17-23-10-12-25(37-23)31(27-14-16-29(32)39-27)19-3-7-21(35)8-4-19/h1-17,36-37H. The Hall–Kier alpha value is -3.90. The molecule has 2 aliphatic heterocycles. The molecule has 5 aromatic rings. The van der Waals surface area contributed by atoms with Gasteiger partial charge in [0.25, 0.3) is 0 Å². The first-order chi connectivity index (χ1) is 19.0. The Morgan fingerprint density at radius 3 is 1.36 bits per heavy atom. The molecule has 2 aliphatic rings. The van der Waals surface area contributed by atoms with E-state index < -0.39 is 0 Å². The molecule has 0 aliphatic carbocycles. The van der Waals surface area contributed by atoms with Crippen molar-refractivity contribution in [2.75, 3.05) is 0 Å². The van der Waals surface area contributed by atoms with Crippen LogP contribution in [0.15, 0.2) is 83.3 Å². The fourth-order valence-corrected chi connectivity index (χ4v) is 5.64. The van der Waals surface area contributed by atoms with E-state index in [4.69, 9.17) is 33.2 Å². The zero-order chi connectivity index (χ0) is 26.5. The molecule has 0 unspecified atom stereocenters. The average molecular weight is 610 g/mol. The lowest BCUT2D eigenvalue weighted by Crippen LogP contribution is -1.87. The number of benzene rings is 2. The average Bonchev–Trinajstić information content (AvgIpc) is 3.75. The number of nitrogens with zero attached hydrogens (tertiary/aromatic N) is 2. The predicted octanol–water partition coefficient (Wildman–Crippen LogP) is 10.1. The highest BCUT2D eigenvalue weighted by molar-refractivity contribution is 9.10. The SMILES string of the molecule is Clc1ccc(-c2c3nc(c(Br)c4nc(c(-c5ccc(Cl)cc5)c5ccc(cc6ccc2[nH]6)[nH]5)C=C4)C=C3)cc1. The van der Waals surface area contributed by atoms with Crippen molar-refractivity contribution in [2.45, 2.75) is 0 Å². The maximum Gasteiger partial charge on any atom is 0.0801 e. The molecule has 0 amide bonds. The van der Waals surface area contributed by atoms with E-state index in [1.165, 1.54) is 0 Å². The van der Waals surface area contributed by atoms with Crippen LogP contribution in [0.4, 0.5) is 0 Å². The highest BCUT2D eigenvalue weighted by Gasteiger charge is 2.16. The minimum atomic E-state index is 0.690. The molecule has 3 aromatic heterocycles. The molecule has 0 saturated carbocycles. The molecule has 8 bridgehead atoms. The summed E-state index contributed by atoms with van der Waals surface area (Å²) < 4.78 is 0.825. The van der Waals surface area contributed by atoms with Gasteiger partial charge in [0.1, 0.15) is 0 Å². The monoisotopic (exact) mass is 608 g/mol. The van der Waals surface area contributed by atoms with Gasteiger partial charge < -0.3 is 9.97 Å². The Balaban J connectivity index is 1.59. The van der Waals surface area contributed by atoms with Crippen LogP contribution in [-0.2, 0) is 0 Å². The molecule has 0 atom stereocenters. The molecular formula is C32H19BrCl2N4. The van der Waals surface area contributed by atoms with E-state index in [2.05, 4.69) is 56.2 Å². The van der Waals surface area contributed by atoms with E-state index in [9.17, 15) is 0 Å². The second-order valence-electron chi connectivity index (χ2n) is 9.31. The number of aromatic nitrogens is 4. The quantitative estimate of drug-likeness (QED) is 0.205. The first-order valence-corrected chi connectivity index (χ1v) is 13.9. The Bertz CT molecular complexity index is 1840.